The number of rotatable bonds is 9. The van der Waals surface area contributed by atoms with E-state index in [1.54, 1.807) is 6.07 Å². The third-order valence-corrected chi connectivity index (χ3v) is 7.53. The Morgan fingerprint density at radius 3 is 2.28 bits per heavy atom. The summed E-state index contributed by atoms with van der Waals surface area (Å²) in [5.41, 5.74) is 7.15. The molecule has 1 atom stereocenters. The summed E-state index contributed by atoms with van der Waals surface area (Å²) in [4.78, 5) is 0.297. The number of benzene rings is 3. The fourth-order valence-electron chi connectivity index (χ4n) is 3.77. The first kappa shape index (κ1) is 21.8. The first-order valence-corrected chi connectivity index (χ1v) is 11.9. The van der Waals surface area contributed by atoms with Gasteiger partial charge in [0, 0.05) is 16.7 Å². The molecule has 0 radical (unpaired) electrons. The van der Waals surface area contributed by atoms with Crippen molar-refractivity contribution in [2.45, 2.75) is 36.6 Å². The Bertz CT molecular complexity index is 1070. The van der Waals surface area contributed by atoms with E-state index in [0.717, 1.165) is 21.9 Å². The molecule has 0 heterocycles. The van der Waals surface area contributed by atoms with Crippen LogP contribution in [0.1, 0.15) is 24.0 Å². The fourth-order valence-corrected chi connectivity index (χ4v) is 5.86. The Labute approximate surface area is 179 Å². The topological polar surface area (TPSA) is 72.2 Å². The van der Waals surface area contributed by atoms with E-state index in [1.165, 1.54) is 0 Å². The largest absolute Gasteiger partial charge is 0.330 e. The predicted octanol–water partition coefficient (Wildman–Crippen LogP) is 4.08. The van der Waals surface area contributed by atoms with Crippen LogP contribution in [0, 0.1) is 6.92 Å². The van der Waals surface area contributed by atoms with Gasteiger partial charge in [0.05, 0.1) is 4.90 Å². The molecule has 4 nitrogen and oxygen atoms in total. The van der Waals surface area contributed by atoms with Gasteiger partial charge in [-0.3, -0.25) is 0 Å². The lowest BCUT2D eigenvalue weighted by Crippen LogP contribution is -2.52. The Morgan fingerprint density at radius 2 is 1.62 bits per heavy atom. The van der Waals surface area contributed by atoms with Crippen molar-refractivity contribution < 1.29 is 8.42 Å². The number of nitrogens with one attached hydrogen (secondary N) is 1. The molecule has 0 spiro atoms. The molecule has 0 saturated heterocycles. The Kier molecular flexibility index (Phi) is 7.01. The van der Waals surface area contributed by atoms with Gasteiger partial charge in [0.2, 0.25) is 10.0 Å². The third-order valence-electron chi connectivity index (χ3n) is 5.29. The lowest BCUT2D eigenvalue weighted by Gasteiger charge is -2.33. The van der Waals surface area contributed by atoms with Gasteiger partial charge in [-0.15, -0.1) is 0 Å². The van der Waals surface area contributed by atoms with Gasteiger partial charge < -0.3 is 5.73 Å². The highest BCUT2D eigenvalue weighted by Gasteiger charge is 2.34. The quantitative estimate of drug-likeness (QED) is 0.450. The van der Waals surface area contributed by atoms with Crippen molar-refractivity contribution in [1.82, 2.24) is 4.72 Å². The number of thiol groups is 1. The molecule has 0 aliphatic rings. The maximum atomic E-state index is 13.5. The second-order valence-electron chi connectivity index (χ2n) is 7.52. The van der Waals surface area contributed by atoms with Crippen molar-refractivity contribution >= 4 is 33.4 Å². The van der Waals surface area contributed by atoms with Crippen molar-refractivity contribution in [3.63, 3.8) is 0 Å². The van der Waals surface area contributed by atoms with Crippen LogP contribution in [0.5, 0.6) is 0 Å². The van der Waals surface area contributed by atoms with E-state index in [9.17, 15) is 8.42 Å². The van der Waals surface area contributed by atoms with E-state index in [0.29, 0.717) is 36.5 Å². The minimum atomic E-state index is -3.76. The molecule has 0 fully saturated rings. The predicted molar refractivity (Wildman–Crippen MR) is 124 cm³/mol. The lowest BCUT2D eigenvalue weighted by molar-refractivity contribution is 0.383. The maximum Gasteiger partial charge on any atom is 0.241 e. The minimum absolute atomic E-state index is 0.297. The zero-order chi connectivity index (χ0) is 20.9. The summed E-state index contributed by atoms with van der Waals surface area (Å²) in [5.74, 6) is 0.380. The minimum Gasteiger partial charge on any atom is -0.330 e. The summed E-state index contributed by atoms with van der Waals surface area (Å²) in [6, 6.07) is 21.0. The molecule has 154 valence electrons. The highest BCUT2D eigenvalue weighted by Crippen LogP contribution is 2.29. The second kappa shape index (κ2) is 9.30. The van der Waals surface area contributed by atoms with Crippen LogP contribution < -0.4 is 10.5 Å². The number of aryl methyl sites for hydroxylation is 1. The molecule has 3 aromatic carbocycles. The van der Waals surface area contributed by atoms with Crippen molar-refractivity contribution in [1.29, 1.82) is 0 Å². The molecule has 3 rings (SSSR count). The summed E-state index contributed by atoms with van der Waals surface area (Å²) < 4.78 is 30.0. The van der Waals surface area contributed by atoms with Crippen LogP contribution in [0.15, 0.2) is 71.6 Å². The summed E-state index contributed by atoms with van der Waals surface area (Å²) in [6.07, 6.45) is 1.88. The SMILES string of the molecule is Cc1ccc(S(=O)(=O)N[C@@](CS)(CCCN)Cc2ccccc2)c2ccccc12. The second-order valence-corrected chi connectivity index (χ2v) is 9.49. The number of hydrogen-bond donors (Lipinski definition) is 3. The molecule has 6 heteroatoms. The number of fused-ring (bicyclic) bond motifs is 1. The molecule has 0 amide bonds. The van der Waals surface area contributed by atoms with Crippen molar-refractivity contribution in [3.05, 3.63) is 77.9 Å². The first-order chi connectivity index (χ1) is 13.9. The van der Waals surface area contributed by atoms with Crippen LogP contribution in [0.4, 0.5) is 0 Å². The zero-order valence-corrected chi connectivity index (χ0v) is 18.3. The Morgan fingerprint density at radius 1 is 0.966 bits per heavy atom. The summed E-state index contributed by atoms with van der Waals surface area (Å²) in [7, 11) is -3.76. The van der Waals surface area contributed by atoms with Crippen LogP contribution in [0.25, 0.3) is 10.8 Å². The van der Waals surface area contributed by atoms with Gasteiger partial charge in [-0.1, -0.05) is 60.7 Å². The van der Waals surface area contributed by atoms with E-state index in [4.69, 9.17) is 5.73 Å². The van der Waals surface area contributed by atoms with Crippen LogP contribution >= 0.6 is 12.6 Å². The fraction of sp³-hybridized carbons (Fsp3) is 0.304. The monoisotopic (exact) mass is 428 g/mol. The smallest absolute Gasteiger partial charge is 0.241 e. The Balaban J connectivity index is 2.03. The summed E-state index contributed by atoms with van der Waals surface area (Å²) in [5, 5.41) is 1.67. The molecular weight excluding hydrogens is 400 g/mol. The number of hydrogen-bond acceptors (Lipinski definition) is 4. The van der Waals surface area contributed by atoms with E-state index in [-0.39, 0.29) is 0 Å². The zero-order valence-electron chi connectivity index (χ0n) is 16.6. The summed E-state index contributed by atoms with van der Waals surface area (Å²) >= 11 is 4.55. The number of nitrogens with two attached hydrogens (primary N) is 1. The van der Waals surface area contributed by atoms with Gasteiger partial charge in [-0.25, -0.2) is 13.1 Å². The third kappa shape index (κ3) is 5.01. The van der Waals surface area contributed by atoms with Crippen LogP contribution in [-0.4, -0.2) is 26.3 Å². The van der Waals surface area contributed by atoms with Gasteiger partial charge in [0.1, 0.15) is 0 Å². The van der Waals surface area contributed by atoms with E-state index in [1.807, 2.05) is 67.6 Å². The van der Waals surface area contributed by atoms with Gasteiger partial charge in [-0.05, 0) is 55.3 Å². The van der Waals surface area contributed by atoms with E-state index < -0.39 is 15.6 Å². The van der Waals surface area contributed by atoms with Crippen molar-refractivity contribution in [3.8, 4) is 0 Å². The molecule has 0 aliphatic heterocycles. The molecule has 0 aromatic heterocycles. The van der Waals surface area contributed by atoms with Crippen LogP contribution in [-0.2, 0) is 16.4 Å². The molecule has 0 unspecified atom stereocenters. The highest BCUT2D eigenvalue weighted by atomic mass is 32.2. The molecule has 0 aliphatic carbocycles. The van der Waals surface area contributed by atoms with Gasteiger partial charge in [-0.2, -0.15) is 12.6 Å². The van der Waals surface area contributed by atoms with Crippen LogP contribution in [0.3, 0.4) is 0 Å². The average molecular weight is 429 g/mol. The van der Waals surface area contributed by atoms with E-state index in [2.05, 4.69) is 17.4 Å². The summed E-state index contributed by atoms with van der Waals surface area (Å²) in [6.45, 7) is 2.49. The highest BCUT2D eigenvalue weighted by molar-refractivity contribution is 7.89. The van der Waals surface area contributed by atoms with Gasteiger partial charge >= 0.3 is 0 Å². The molecule has 0 bridgehead atoms. The standard InChI is InChI=1S/C23H28N2O2S2/c1-18-12-13-22(21-11-6-5-10-20(18)21)29(26,27)25-23(17-28,14-7-15-24)16-19-8-3-2-4-9-19/h2-6,8-13,25,28H,7,14-17,24H2,1H3/t23-/m0/s1. The molecule has 0 saturated carbocycles. The first-order valence-electron chi connectivity index (χ1n) is 9.78. The van der Waals surface area contributed by atoms with Gasteiger partial charge in [0.15, 0.2) is 0 Å². The molecule has 3 aromatic rings. The molecule has 3 N–H and O–H groups in total. The van der Waals surface area contributed by atoms with E-state index >= 15 is 0 Å². The molecular formula is C23H28N2O2S2. The van der Waals surface area contributed by atoms with Crippen molar-refractivity contribution in [2.75, 3.05) is 12.3 Å². The molecule has 29 heavy (non-hydrogen) atoms. The Hall–Kier alpha value is -1.86. The normalized spacial score (nSPS) is 14.0. The lowest BCUT2D eigenvalue weighted by atomic mass is 9.89. The number of sulfonamides is 1. The van der Waals surface area contributed by atoms with Crippen molar-refractivity contribution in [2.24, 2.45) is 5.73 Å². The van der Waals surface area contributed by atoms with Crippen LogP contribution in [0.2, 0.25) is 0 Å². The van der Waals surface area contributed by atoms with Gasteiger partial charge in [0.25, 0.3) is 0 Å². The average Bonchev–Trinajstić information content (AvgIpc) is 2.73. The maximum absolute atomic E-state index is 13.5.